The maximum Gasteiger partial charge on any atom is 0.132 e. The fourth-order valence-corrected chi connectivity index (χ4v) is 2.06. The number of aliphatic hydroxyl groups excluding tert-OH is 1. The molecule has 0 amide bonds. The van der Waals surface area contributed by atoms with E-state index in [0.29, 0.717) is 10.6 Å². The molecular formula is C14H10Cl2F2O. The molecule has 0 saturated carbocycles. The van der Waals surface area contributed by atoms with Gasteiger partial charge in [-0.1, -0.05) is 29.3 Å². The lowest BCUT2D eigenvalue weighted by Crippen LogP contribution is -2.04. The first-order valence-electron chi connectivity index (χ1n) is 5.48. The summed E-state index contributed by atoms with van der Waals surface area (Å²) in [6.07, 6.45) is -1.23. The minimum absolute atomic E-state index is 0.00251. The van der Waals surface area contributed by atoms with Crippen molar-refractivity contribution in [3.8, 4) is 0 Å². The lowest BCUT2D eigenvalue weighted by molar-refractivity contribution is 0.214. The second kappa shape index (κ2) is 5.45. The van der Waals surface area contributed by atoms with Crippen LogP contribution in [0.1, 0.15) is 22.8 Å². The standard InChI is InChI=1S/C14H10Cl2F2O/c1-7-4-9(13(18)6-12(7)17)14(19)8-2-3-10(15)11(16)5-8/h2-6,14,19H,1H3. The Morgan fingerprint density at radius 3 is 2.32 bits per heavy atom. The largest absolute Gasteiger partial charge is 0.384 e. The van der Waals surface area contributed by atoms with Crippen molar-refractivity contribution in [2.45, 2.75) is 13.0 Å². The fourth-order valence-electron chi connectivity index (χ4n) is 1.75. The van der Waals surface area contributed by atoms with Crippen LogP contribution in [0.2, 0.25) is 10.0 Å². The van der Waals surface area contributed by atoms with Gasteiger partial charge in [-0.2, -0.15) is 0 Å². The third kappa shape index (κ3) is 2.89. The first-order chi connectivity index (χ1) is 8.90. The highest BCUT2D eigenvalue weighted by atomic mass is 35.5. The number of halogens is 4. The van der Waals surface area contributed by atoms with Crippen molar-refractivity contribution in [3.05, 3.63) is 68.7 Å². The van der Waals surface area contributed by atoms with Crippen LogP contribution in [0.25, 0.3) is 0 Å². The third-order valence-electron chi connectivity index (χ3n) is 2.83. The summed E-state index contributed by atoms with van der Waals surface area (Å²) < 4.78 is 26.9. The molecule has 0 fully saturated rings. The fraction of sp³-hybridized carbons (Fsp3) is 0.143. The molecule has 2 aromatic carbocycles. The third-order valence-corrected chi connectivity index (χ3v) is 3.57. The SMILES string of the molecule is Cc1cc(C(O)c2ccc(Cl)c(Cl)c2)c(F)cc1F. The normalized spacial score (nSPS) is 12.5. The Bertz CT molecular complexity index is 629. The summed E-state index contributed by atoms with van der Waals surface area (Å²) in [5.74, 6) is -1.45. The zero-order chi connectivity index (χ0) is 14.2. The van der Waals surface area contributed by atoms with Crippen LogP contribution >= 0.6 is 23.2 Å². The van der Waals surface area contributed by atoms with Gasteiger partial charge < -0.3 is 5.11 Å². The van der Waals surface area contributed by atoms with Gasteiger partial charge in [-0.25, -0.2) is 8.78 Å². The molecule has 2 rings (SSSR count). The lowest BCUT2D eigenvalue weighted by Gasteiger charge is -2.14. The summed E-state index contributed by atoms with van der Waals surface area (Å²) in [5.41, 5.74) is 0.645. The van der Waals surface area contributed by atoms with Crippen LogP contribution < -0.4 is 0 Å². The Morgan fingerprint density at radius 1 is 1.00 bits per heavy atom. The molecule has 0 bridgehead atoms. The highest BCUT2D eigenvalue weighted by molar-refractivity contribution is 6.42. The van der Waals surface area contributed by atoms with Gasteiger partial charge >= 0.3 is 0 Å². The maximum atomic E-state index is 13.7. The Morgan fingerprint density at radius 2 is 1.68 bits per heavy atom. The van der Waals surface area contributed by atoms with Gasteiger partial charge in [0.2, 0.25) is 0 Å². The van der Waals surface area contributed by atoms with Crippen molar-refractivity contribution < 1.29 is 13.9 Å². The summed E-state index contributed by atoms with van der Waals surface area (Å²) in [5, 5.41) is 10.7. The zero-order valence-corrected chi connectivity index (χ0v) is 11.4. The summed E-state index contributed by atoms with van der Waals surface area (Å²) >= 11 is 11.6. The Hall–Kier alpha value is -1.16. The molecule has 0 spiro atoms. The number of rotatable bonds is 2. The molecule has 1 atom stereocenters. The van der Waals surface area contributed by atoms with E-state index in [1.165, 1.54) is 31.2 Å². The Balaban J connectivity index is 2.46. The van der Waals surface area contributed by atoms with E-state index in [0.717, 1.165) is 6.07 Å². The van der Waals surface area contributed by atoms with Gasteiger partial charge in [0.05, 0.1) is 10.0 Å². The molecule has 0 aromatic heterocycles. The van der Waals surface area contributed by atoms with Crippen molar-refractivity contribution in [1.82, 2.24) is 0 Å². The topological polar surface area (TPSA) is 20.2 Å². The van der Waals surface area contributed by atoms with E-state index in [-0.39, 0.29) is 16.1 Å². The van der Waals surface area contributed by atoms with Gasteiger partial charge in [0.25, 0.3) is 0 Å². The highest BCUT2D eigenvalue weighted by Crippen LogP contribution is 2.30. The Kier molecular flexibility index (Phi) is 4.09. The second-order valence-electron chi connectivity index (χ2n) is 4.20. The number of aliphatic hydroxyl groups is 1. The summed E-state index contributed by atoms with van der Waals surface area (Å²) in [4.78, 5) is 0. The predicted molar refractivity (Wildman–Crippen MR) is 71.6 cm³/mol. The molecule has 1 N–H and O–H groups in total. The van der Waals surface area contributed by atoms with Gasteiger partial charge in [-0.05, 0) is 36.2 Å². The van der Waals surface area contributed by atoms with Crippen molar-refractivity contribution in [1.29, 1.82) is 0 Å². The van der Waals surface area contributed by atoms with Crippen molar-refractivity contribution in [2.24, 2.45) is 0 Å². The molecule has 100 valence electrons. The van der Waals surface area contributed by atoms with Crippen LogP contribution in [-0.4, -0.2) is 5.11 Å². The lowest BCUT2D eigenvalue weighted by atomic mass is 9.99. The molecule has 2 aromatic rings. The van der Waals surface area contributed by atoms with E-state index in [1.807, 2.05) is 0 Å². The van der Waals surface area contributed by atoms with Crippen molar-refractivity contribution in [2.75, 3.05) is 0 Å². The van der Waals surface area contributed by atoms with E-state index in [1.54, 1.807) is 0 Å². The quantitative estimate of drug-likeness (QED) is 0.855. The first kappa shape index (κ1) is 14.3. The monoisotopic (exact) mass is 302 g/mol. The van der Waals surface area contributed by atoms with Crippen molar-refractivity contribution >= 4 is 23.2 Å². The van der Waals surface area contributed by atoms with Crippen LogP contribution in [0.4, 0.5) is 8.78 Å². The molecule has 0 aliphatic heterocycles. The molecule has 1 nitrogen and oxygen atoms in total. The van der Waals surface area contributed by atoms with Crippen LogP contribution in [0.15, 0.2) is 30.3 Å². The van der Waals surface area contributed by atoms with Gasteiger partial charge in [0.15, 0.2) is 0 Å². The predicted octanol–water partition coefficient (Wildman–Crippen LogP) is 4.66. The molecule has 5 heteroatoms. The van der Waals surface area contributed by atoms with E-state index < -0.39 is 17.7 Å². The molecule has 1 unspecified atom stereocenters. The average Bonchev–Trinajstić information content (AvgIpc) is 2.36. The van der Waals surface area contributed by atoms with E-state index in [2.05, 4.69) is 0 Å². The molecule has 0 aliphatic rings. The molecule has 0 radical (unpaired) electrons. The van der Waals surface area contributed by atoms with Gasteiger partial charge in [0.1, 0.15) is 17.7 Å². The number of aryl methyl sites for hydroxylation is 1. The first-order valence-corrected chi connectivity index (χ1v) is 6.24. The number of hydrogen-bond acceptors (Lipinski definition) is 1. The summed E-state index contributed by atoms with van der Waals surface area (Å²) in [7, 11) is 0. The minimum Gasteiger partial charge on any atom is -0.384 e. The smallest absolute Gasteiger partial charge is 0.132 e. The van der Waals surface area contributed by atoms with Gasteiger partial charge in [-0.15, -0.1) is 0 Å². The van der Waals surface area contributed by atoms with Crippen LogP contribution in [0.5, 0.6) is 0 Å². The van der Waals surface area contributed by atoms with Gasteiger partial charge in [-0.3, -0.25) is 0 Å². The minimum atomic E-state index is -1.23. The summed E-state index contributed by atoms with van der Waals surface area (Å²) in [6, 6.07) is 6.53. The number of hydrogen-bond donors (Lipinski definition) is 1. The maximum absolute atomic E-state index is 13.7. The number of benzene rings is 2. The van der Waals surface area contributed by atoms with Gasteiger partial charge in [0, 0.05) is 11.6 Å². The van der Waals surface area contributed by atoms with E-state index in [9.17, 15) is 13.9 Å². The Labute approximate surface area is 119 Å². The molecule has 0 saturated heterocycles. The zero-order valence-electron chi connectivity index (χ0n) is 9.92. The van der Waals surface area contributed by atoms with Crippen molar-refractivity contribution in [3.63, 3.8) is 0 Å². The second-order valence-corrected chi connectivity index (χ2v) is 5.01. The molecule has 0 aliphatic carbocycles. The van der Waals surface area contributed by atoms with Crippen LogP contribution in [0.3, 0.4) is 0 Å². The average molecular weight is 303 g/mol. The molecule has 19 heavy (non-hydrogen) atoms. The van der Waals surface area contributed by atoms with E-state index in [4.69, 9.17) is 23.2 Å². The van der Waals surface area contributed by atoms with Crippen LogP contribution in [0, 0.1) is 18.6 Å². The summed E-state index contributed by atoms with van der Waals surface area (Å²) in [6.45, 7) is 1.50. The van der Waals surface area contributed by atoms with E-state index >= 15 is 0 Å². The molecular weight excluding hydrogens is 293 g/mol. The highest BCUT2D eigenvalue weighted by Gasteiger charge is 2.18. The molecule has 0 heterocycles. The van der Waals surface area contributed by atoms with Crippen LogP contribution in [-0.2, 0) is 0 Å².